The summed E-state index contributed by atoms with van der Waals surface area (Å²) < 4.78 is 13.6. The van der Waals surface area contributed by atoms with Gasteiger partial charge >= 0.3 is 0 Å². The highest BCUT2D eigenvalue weighted by Crippen LogP contribution is 2.31. The topological polar surface area (TPSA) is 49.3 Å². The molecule has 2 N–H and O–H groups in total. The van der Waals surface area contributed by atoms with Crippen molar-refractivity contribution in [1.29, 1.82) is 0 Å². The number of nitrogens with one attached hydrogen (secondary N) is 1. The maximum Gasteiger partial charge on any atom is 0.254 e. The first-order valence-electron chi connectivity index (χ1n) is 6.85. The Morgan fingerprint density at radius 3 is 2.75 bits per heavy atom. The Morgan fingerprint density at radius 2 is 2.15 bits per heavy atom. The molecule has 5 heteroatoms. The van der Waals surface area contributed by atoms with Gasteiger partial charge in [0.15, 0.2) is 0 Å². The lowest BCUT2D eigenvalue weighted by molar-refractivity contribution is -0.00543. The zero-order valence-corrected chi connectivity index (χ0v) is 12.2. The first-order chi connectivity index (χ1) is 9.39. The molecule has 1 aliphatic rings. The Kier molecular flexibility index (Phi) is 4.66. The van der Waals surface area contributed by atoms with Crippen molar-refractivity contribution in [3.8, 4) is 0 Å². The minimum Gasteiger partial charge on any atom is -0.388 e. The van der Waals surface area contributed by atoms with E-state index in [9.17, 15) is 14.3 Å². The Labute approximate surface area is 123 Å². The van der Waals surface area contributed by atoms with Gasteiger partial charge in [0.05, 0.1) is 11.2 Å². The summed E-state index contributed by atoms with van der Waals surface area (Å²) in [4.78, 5) is 11.9. The number of benzene rings is 1. The van der Waals surface area contributed by atoms with Crippen LogP contribution in [0.15, 0.2) is 18.2 Å². The van der Waals surface area contributed by atoms with Gasteiger partial charge in [0.25, 0.3) is 5.91 Å². The van der Waals surface area contributed by atoms with Crippen molar-refractivity contribution in [2.24, 2.45) is 5.92 Å². The van der Waals surface area contributed by atoms with E-state index in [4.69, 9.17) is 11.6 Å². The molecule has 20 heavy (non-hydrogen) atoms. The lowest BCUT2D eigenvalue weighted by atomic mass is 9.79. The molecule has 0 heterocycles. The van der Waals surface area contributed by atoms with Crippen LogP contribution in [0.2, 0.25) is 5.02 Å². The first-order valence-corrected chi connectivity index (χ1v) is 7.23. The van der Waals surface area contributed by atoms with Crippen molar-refractivity contribution < 1.29 is 14.3 Å². The number of aliphatic hydroxyl groups is 1. The average Bonchev–Trinajstić information content (AvgIpc) is 2.40. The van der Waals surface area contributed by atoms with E-state index < -0.39 is 17.3 Å². The summed E-state index contributed by atoms with van der Waals surface area (Å²) in [5, 5.41) is 13.2. The number of rotatable bonds is 3. The Balaban J connectivity index is 1.95. The molecular formula is C15H19ClFNO2. The van der Waals surface area contributed by atoms with Gasteiger partial charge in [-0.15, -0.1) is 0 Å². The number of halogens is 2. The monoisotopic (exact) mass is 299 g/mol. The van der Waals surface area contributed by atoms with Gasteiger partial charge in [-0.05, 0) is 49.8 Å². The average molecular weight is 300 g/mol. The van der Waals surface area contributed by atoms with Gasteiger partial charge in [-0.1, -0.05) is 18.5 Å². The molecule has 0 unspecified atom stereocenters. The molecule has 0 atom stereocenters. The van der Waals surface area contributed by atoms with Gasteiger partial charge < -0.3 is 10.4 Å². The van der Waals surface area contributed by atoms with Crippen LogP contribution in [0.25, 0.3) is 0 Å². The largest absolute Gasteiger partial charge is 0.388 e. The van der Waals surface area contributed by atoms with Crippen LogP contribution < -0.4 is 5.32 Å². The van der Waals surface area contributed by atoms with E-state index in [-0.39, 0.29) is 17.1 Å². The molecule has 1 fully saturated rings. The van der Waals surface area contributed by atoms with E-state index in [0.717, 1.165) is 18.9 Å². The molecule has 0 aliphatic heterocycles. The van der Waals surface area contributed by atoms with Crippen LogP contribution in [0.4, 0.5) is 4.39 Å². The van der Waals surface area contributed by atoms with E-state index in [1.807, 2.05) is 0 Å². The second-order valence-corrected chi connectivity index (χ2v) is 6.15. The van der Waals surface area contributed by atoms with Gasteiger partial charge in [-0.25, -0.2) is 4.39 Å². The Hall–Kier alpha value is -1.13. The van der Waals surface area contributed by atoms with E-state index in [1.165, 1.54) is 12.1 Å². The minimum absolute atomic E-state index is 0.0535. The molecule has 110 valence electrons. The molecule has 0 bridgehead atoms. The van der Waals surface area contributed by atoms with Crippen molar-refractivity contribution in [2.45, 2.75) is 38.2 Å². The smallest absolute Gasteiger partial charge is 0.254 e. The maximum absolute atomic E-state index is 13.6. The van der Waals surface area contributed by atoms with Gasteiger partial charge in [0.1, 0.15) is 5.82 Å². The highest BCUT2D eigenvalue weighted by Gasteiger charge is 2.32. The van der Waals surface area contributed by atoms with Crippen molar-refractivity contribution in [1.82, 2.24) is 5.32 Å². The van der Waals surface area contributed by atoms with Gasteiger partial charge in [-0.3, -0.25) is 4.79 Å². The Bertz CT molecular complexity index is 499. The quantitative estimate of drug-likeness (QED) is 0.901. The fourth-order valence-corrected chi connectivity index (χ4v) is 2.65. The third-order valence-electron chi connectivity index (χ3n) is 3.96. The molecule has 1 aliphatic carbocycles. The minimum atomic E-state index is -0.870. The molecule has 1 saturated carbocycles. The van der Waals surface area contributed by atoms with Crippen LogP contribution in [0.5, 0.6) is 0 Å². The van der Waals surface area contributed by atoms with Crippen LogP contribution in [-0.2, 0) is 0 Å². The predicted molar refractivity (Wildman–Crippen MR) is 76.3 cm³/mol. The van der Waals surface area contributed by atoms with E-state index in [1.54, 1.807) is 0 Å². The fourth-order valence-electron chi connectivity index (χ4n) is 2.49. The zero-order valence-electron chi connectivity index (χ0n) is 11.5. The van der Waals surface area contributed by atoms with Crippen molar-refractivity contribution in [3.63, 3.8) is 0 Å². The van der Waals surface area contributed by atoms with Crippen LogP contribution in [0.3, 0.4) is 0 Å². The molecular weight excluding hydrogens is 281 g/mol. The van der Waals surface area contributed by atoms with Crippen molar-refractivity contribution in [3.05, 3.63) is 34.6 Å². The summed E-state index contributed by atoms with van der Waals surface area (Å²) in [5.74, 6) is -0.565. The van der Waals surface area contributed by atoms with Gasteiger partial charge in [0.2, 0.25) is 0 Å². The standard InChI is InChI=1S/C15H19ClFNO2/c1-10-4-6-15(20,7-5-10)9-18-14(19)12-3-2-11(16)8-13(12)17/h2-3,8,10,20H,4-7,9H2,1H3,(H,18,19). The van der Waals surface area contributed by atoms with E-state index in [0.29, 0.717) is 18.8 Å². The lowest BCUT2D eigenvalue weighted by Crippen LogP contribution is -2.45. The molecule has 1 aromatic rings. The number of hydrogen-bond donors (Lipinski definition) is 2. The van der Waals surface area contributed by atoms with Gasteiger partial charge in [0, 0.05) is 11.6 Å². The molecule has 3 nitrogen and oxygen atoms in total. The van der Waals surface area contributed by atoms with Crippen LogP contribution in [0, 0.1) is 11.7 Å². The summed E-state index contributed by atoms with van der Waals surface area (Å²) in [6, 6.07) is 3.92. The molecule has 2 rings (SSSR count). The first kappa shape index (κ1) is 15.3. The van der Waals surface area contributed by atoms with Crippen LogP contribution in [0.1, 0.15) is 43.0 Å². The third-order valence-corrected chi connectivity index (χ3v) is 4.19. The normalized spacial score (nSPS) is 26.3. The number of hydrogen-bond acceptors (Lipinski definition) is 2. The summed E-state index contributed by atoms with van der Waals surface area (Å²) in [6.45, 7) is 2.31. The summed E-state index contributed by atoms with van der Waals surface area (Å²) >= 11 is 5.64. The second-order valence-electron chi connectivity index (χ2n) is 5.71. The Morgan fingerprint density at radius 1 is 1.50 bits per heavy atom. The van der Waals surface area contributed by atoms with E-state index in [2.05, 4.69) is 12.2 Å². The molecule has 0 radical (unpaired) electrons. The van der Waals surface area contributed by atoms with Gasteiger partial charge in [-0.2, -0.15) is 0 Å². The number of carbonyl (C=O) groups is 1. The molecule has 1 amide bonds. The van der Waals surface area contributed by atoms with E-state index >= 15 is 0 Å². The van der Waals surface area contributed by atoms with Crippen molar-refractivity contribution >= 4 is 17.5 Å². The number of carbonyl (C=O) groups excluding carboxylic acids is 1. The third kappa shape index (κ3) is 3.70. The van der Waals surface area contributed by atoms with Crippen molar-refractivity contribution in [2.75, 3.05) is 6.54 Å². The SMILES string of the molecule is CC1CCC(O)(CNC(=O)c2ccc(Cl)cc2F)CC1. The predicted octanol–water partition coefficient (Wildman–Crippen LogP) is 3.15. The zero-order chi connectivity index (χ0) is 14.8. The summed E-state index contributed by atoms with van der Waals surface area (Å²) in [5.41, 5.74) is -0.924. The molecule has 1 aromatic carbocycles. The second kappa shape index (κ2) is 6.10. The molecule has 0 saturated heterocycles. The van der Waals surface area contributed by atoms with Crippen LogP contribution in [-0.4, -0.2) is 23.2 Å². The maximum atomic E-state index is 13.6. The lowest BCUT2D eigenvalue weighted by Gasteiger charge is -2.34. The fraction of sp³-hybridized carbons (Fsp3) is 0.533. The summed E-state index contributed by atoms with van der Waals surface area (Å²) in [7, 11) is 0. The highest BCUT2D eigenvalue weighted by atomic mass is 35.5. The highest BCUT2D eigenvalue weighted by molar-refractivity contribution is 6.30. The number of amides is 1. The summed E-state index contributed by atoms with van der Waals surface area (Å²) in [6.07, 6.45) is 3.22. The molecule has 0 aromatic heterocycles. The molecule has 0 spiro atoms. The van der Waals surface area contributed by atoms with Crippen LogP contribution >= 0.6 is 11.6 Å².